The van der Waals surface area contributed by atoms with Crippen LogP contribution in [0.2, 0.25) is 0 Å². The van der Waals surface area contributed by atoms with Crippen LogP contribution in [0.15, 0.2) is 0 Å². The fourth-order valence-corrected chi connectivity index (χ4v) is 4.19. The molecule has 0 amide bonds. The van der Waals surface area contributed by atoms with Crippen molar-refractivity contribution in [1.82, 2.24) is 14.9 Å². The number of aromatic nitrogens is 2. The summed E-state index contributed by atoms with van der Waals surface area (Å²) in [6, 6.07) is 1.44. The first-order chi connectivity index (χ1) is 9.10. The molecule has 1 aromatic heterocycles. The van der Waals surface area contributed by atoms with Crippen molar-refractivity contribution in [2.24, 2.45) is 0 Å². The highest BCUT2D eigenvalue weighted by molar-refractivity contribution is 14.1. The summed E-state index contributed by atoms with van der Waals surface area (Å²) in [5, 5.41) is 0. The second kappa shape index (κ2) is 5.16. The lowest BCUT2D eigenvalue weighted by molar-refractivity contribution is 0.159. The van der Waals surface area contributed by atoms with Gasteiger partial charge in [0, 0.05) is 18.0 Å². The lowest BCUT2D eigenvalue weighted by atomic mass is 9.90. The maximum Gasteiger partial charge on any atom is 0.140 e. The number of nitrogens with zero attached hydrogens (tertiary/aromatic N) is 3. The van der Waals surface area contributed by atoms with E-state index in [4.69, 9.17) is 10.7 Å². The Balaban J connectivity index is 1.89. The van der Waals surface area contributed by atoms with E-state index < -0.39 is 0 Å². The number of nitrogens with two attached hydrogens (primary N) is 1. The number of nitrogen functional groups attached to an aromatic ring is 1. The van der Waals surface area contributed by atoms with Crippen molar-refractivity contribution in [3.05, 3.63) is 15.1 Å². The van der Waals surface area contributed by atoms with Gasteiger partial charge in [-0.3, -0.25) is 0 Å². The van der Waals surface area contributed by atoms with Gasteiger partial charge in [-0.15, -0.1) is 0 Å². The van der Waals surface area contributed by atoms with Crippen LogP contribution in [0, 0.1) is 3.57 Å². The van der Waals surface area contributed by atoms with Crippen molar-refractivity contribution >= 4 is 28.4 Å². The fourth-order valence-electron chi connectivity index (χ4n) is 3.57. The molecule has 2 atom stereocenters. The van der Waals surface area contributed by atoms with Gasteiger partial charge in [0.05, 0.1) is 9.26 Å². The number of aryl methyl sites for hydroxylation is 1. The Kier molecular flexibility index (Phi) is 3.68. The highest BCUT2D eigenvalue weighted by atomic mass is 127. The van der Waals surface area contributed by atoms with Crippen LogP contribution < -0.4 is 5.73 Å². The molecule has 0 aliphatic carbocycles. The molecule has 2 fully saturated rings. The molecular weight excluding hydrogens is 351 g/mol. The molecule has 104 valence electrons. The van der Waals surface area contributed by atoms with Gasteiger partial charge in [0.25, 0.3) is 0 Å². The Morgan fingerprint density at radius 3 is 2.47 bits per heavy atom. The van der Waals surface area contributed by atoms with E-state index in [0.29, 0.717) is 11.7 Å². The van der Waals surface area contributed by atoms with E-state index in [2.05, 4.69) is 46.4 Å². The van der Waals surface area contributed by atoms with Crippen molar-refractivity contribution in [1.29, 1.82) is 0 Å². The third-order valence-electron chi connectivity index (χ3n) is 4.76. The van der Waals surface area contributed by atoms with E-state index in [-0.39, 0.29) is 0 Å². The summed E-state index contributed by atoms with van der Waals surface area (Å²) in [7, 11) is 2.26. The monoisotopic (exact) mass is 372 g/mol. The topological polar surface area (TPSA) is 55.0 Å². The molecule has 5 heteroatoms. The summed E-state index contributed by atoms with van der Waals surface area (Å²) in [5.74, 6) is 2.15. The minimum atomic E-state index is 0.498. The van der Waals surface area contributed by atoms with Gasteiger partial charge in [0.2, 0.25) is 0 Å². The van der Waals surface area contributed by atoms with E-state index in [1.54, 1.807) is 0 Å². The maximum absolute atomic E-state index is 6.05. The molecule has 2 aliphatic heterocycles. The Morgan fingerprint density at radius 2 is 1.89 bits per heavy atom. The van der Waals surface area contributed by atoms with Crippen LogP contribution in [0.3, 0.4) is 0 Å². The predicted molar refractivity (Wildman–Crippen MR) is 85.1 cm³/mol. The van der Waals surface area contributed by atoms with Crippen molar-refractivity contribution in [3.63, 3.8) is 0 Å². The summed E-state index contributed by atoms with van der Waals surface area (Å²) >= 11 is 2.26. The summed E-state index contributed by atoms with van der Waals surface area (Å²) in [4.78, 5) is 11.9. The average Bonchev–Trinajstić information content (AvgIpc) is 2.64. The fraction of sp³-hybridized carbons (Fsp3) is 0.714. The molecule has 2 bridgehead atoms. The summed E-state index contributed by atoms with van der Waals surface area (Å²) in [5.41, 5.74) is 7.15. The van der Waals surface area contributed by atoms with Crippen LogP contribution >= 0.6 is 22.6 Å². The summed E-state index contributed by atoms with van der Waals surface area (Å²) in [6.07, 6.45) is 5.97. The second-order valence-corrected chi connectivity index (χ2v) is 6.88. The van der Waals surface area contributed by atoms with Crippen LogP contribution in [0.1, 0.15) is 50.0 Å². The molecule has 19 heavy (non-hydrogen) atoms. The first-order valence-electron chi connectivity index (χ1n) is 7.13. The molecular formula is C14H21IN4. The zero-order valence-corrected chi connectivity index (χ0v) is 13.7. The quantitative estimate of drug-likeness (QED) is 0.811. The summed E-state index contributed by atoms with van der Waals surface area (Å²) < 4.78 is 1.03. The largest absolute Gasteiger partial charge is 0.383 e. The second-order valence-electron chi connectivity index (χ2n) is 5.80. The molecule has 2 aliphatic rings. The molecule has 0 aromatic carbocycles. The van der Waals surface area contributed by atoms with Crippen molar-refractivity contribution in [3.8, 4) is 0 Å². The van der Waals surface area contributed by atoms with Crippen LogP contribution in [0.4, 0.5) is 5.82 Å². The first-order valence-corrected chi connectivity index (χ1v) is 8.21. The van der Waals surface area contributed by atoms with Crippen LogP contribution in [0.5, 0.6) is 0 Å². The number of rotatable bonds is 2. The Bertz CT molecular complexity index is 477. The Labute approximate surface area is 128 Å². The molecule has 0 radical (unpaired) electrons. The van der Waals surface area contributed by atoms with E-state index in [1.807, 2.05) is 0 Å². The van der Waals surface area contributed by atoms with Gasteiger partial charge >= 0.3 is 0 Å². The molecule has 1 aromatic rings. The molecule has 0 spiro atoms. The first kappa shape index (κ1) is 13.5. The lowest BCUT2D eigenvalue weighted by Gasteiger charge is -2.35. The van der Waals surface area contributed by atoms with E-state index in [1.165, 1.54) is 25.7 Å². The maximum atomic E-state index is 6.05. The predicted octanol–water partition coefficient (Wildman–Crippen LogP) is 2.57. The van der Waals surface area contributed by atoms with E-state index in [9.17, 15) is 0 Å². The zero-order valence-electron chi connectivity index (χ0n) is 11.6. The number of hydrogen-bond acceptors (Lipinski definition) is 4. The molecule has 3 heterocycles. The van der Waals surface area contributed by atoms with Gasteiger partial charge in [0.1, 0.15) is 11.6 Å². The number of fused-ring (bicyclic) bond motifs is 2. The minimum absolute atomic E-state index is 0.498. The number of piperidine rings is 1. The molecule has 3 rings (SSSR count). The minimum Gasteiger partial charge on any atom is -0.383 e. The molecule has 2 saturated heterocycles. The number of hydrogen-bond donors (Lipinski definition) is 1. The van der Waals surface area contributed by atoms with Crippen molar-refractivity contribution in [2.75, 3.05) is 12.8 Å². The zero-order chi connectivity index (χ0) is 13.6. The number of anilines is 1. The van der Waals surface area contributed by atoms with Crippen molar-refractivity contribution in [2.45, 2.75) is 57.0 Å². The summed E-state index contributed by atoms with van der Waals surface area (Å²) in [6.45, 7) is 2.13. The Hall–Kier alpha value is -0.430. The molecule has 4 nitrogen and oxygen atoms in total. The van der Waals surface area contributed by atoms with Crippen LogP contribution in [-0.4, -0.2) is 34.0 Å². The highest BCUT2D eigenvalue weighted by Gasteiger charge is 2.40. The van der Waals surface area contributed by atoms with Gasteiger partial charge in [-0.05, 0) is 61.7 Å². The van der Waals surface area contributed by atoms with Gasteiger partial charge in [-0.1, -0.05) is 6.92 Å². The molecule has 2 N–H and O–H groups in total. The van der Waals surface area contributed by atoms with Gasteiger partial charge < -0.3 is 10.6 Å². The third-order valence-corrected chi connectivity index (χ3v) is 5.94. The van der Waals surface area contributed by atoms with Crippen molar-refractivity contribution < 1.29 is 0 Å². The van der Waals surface area contributed by atoms with Gasteiger partial charge in [-0.25, -0.2) is 9.97 Å². The standard InChI is InChI=1S/C14H21IN4/c1-3-11-12(15)13(16)18-14(17-11)8-6-9-4-5-10(7-8)19(9)2/h8-10H,3-7H2,1-2H3,(H2,16,17,18). The highest BCUT2D eigenvalue weighted by Crippen LogP contribution is 2.41. The van der Waals surface area contributed by atoms with E-state index >= 15 is 0 Å². The normalized spacial score (nSPS) is 30.8. The van der Waals surface area contributed by atoms with E-state index in [0.717, 1.165) is 33.6 Å². The van der Waals surface area contributed by atoms with Gasteiger partial charge in [0.15, 0.2) is 0 Å². The average molecular weight is 372 g/mol. The Morgan fingerprint density at radius 1 is 1.26 bits per heavy atom. The smallest absolute Gasteiger partial charge is 0.140 e. The van der Waals surface area contributed by atoms with Crippen LogP contribution in [-0.2, 0) is 6.42 Å². The lowest BCUT2D eigenvalue weighted by Crippen LogP contribution is -2.39. The van der Waals surface area contributed by atoms with Crippen LogP contribution in [0.25, 0.3) is 0 Å². The molecule has 2 unspecified atom stereocenters. The SMILES string of the molecule is CCc1nc(C2CC3CCC(C2)N3C)nc(N)c1I. The third kappa shape index (κ3) is 2.35. The van der Waals surface area contributed by atoms with Gasteiger partial charge in [-0.2, -0.15) is 0 Å². The molecule has 0 saturated carbocycles. The number of halogens is 1.